The molecule has 6 heteroatoms. The van der Waals surface area contributed by atoms with Crippen LogP contribution in [0.4, 0.5) is 5.69 Å². The van der Waals surface area contributed by atoms with E-state index < -0.39 is 5.54 Å². The number of rotatable bonds is 1. The lowest BCUT2D eigenvalue weighted by Crippen LogP contribution is -2.38. The van der Waals surface area contributed by atoms with Crippen molar-refractivity contribution < 1.29 is 9.59 Å². The number of nitrogens with zero attached hydrogens (tertiary/aromatic N) is 3. The van der Waals surface area contributed by atoms with Gasteiger partial charge in [0.05, 0.1) is 18.7 Å². The largest absolute Gasteiger partial charge is 0.274 e. The summed E-state index contributed by atoms with van der Waals surface area (Å²) in [7, 11) is 0. The van der Waals surface area contributed by atoms with Gasteiger partial charge < -0.3 is 0 Å². The van der Waals surface area contributed by atoms with Gasteiger partial charge in [0.1, 0.15) is 0 Å². The maximum Gasteiger partial charge on any atom is 0.264 e. The number of carbonyl (C=O) groups excluding carboxylic acids is 2. The Hall–Kier alpha value is -1.56. The topological polar surface area (TPSA) is 62.1 Å². The minimum atomic E-state index is -0.931. The van der Waals surface area contributed by atoms with Crippen LogP contribution in [-0.2, 0) is 9.59 Å². The number of benzene rings is 1. The van der Waals surface area contributed by atoms with Crippen LogP contribution in [0.15, 0.2) is 39.0 Å². The van der Waals surface area contributed by atoms with Gasteiger partial charge in [-0.25, -0.2) is 4.90 Å². The van der Waals surface area contributed by atoms with Gasteiger partial charge in [-0.1, -0.05) is 22.0 Å². The van der Waals surface area contributed by atoms with Crippen LogP contribution in [0.1, 0.15) is 12.8 Å². The standard InChI is InChI=1S/C12H10BrN3O2/c13-8-2-1-3-9(6-8)16-10(17)7-12(11(16)18)4-5-14-15-12/h1-3,6H,4-5,7H2/t12-/m0/s1. The third-order valence-electron chi connectivity index (χ3n) is 3.25. The molecule has 1 saturated heterocycles. The van der Waals surface area contributed by atoms with E-state index in [9.17, 15) is 9.59 Å². The van der Waals surface area contributed by atoms with E-state index in [2.05, 4.69) is 26.2 Å². The Morgan fingerprint density at radius 3 is 2.83 bits per heavy atom. The van der Waals surface area contributed by atoms with Gasteiger partial charge >= 0.3 is 0 Å². The summed E-state index contributed by atoms with van der Waals surface area (Å²) in [6, 6.07) is 7.13. The average molecular weight is 308 g/mol. The summed E-state index contributed by atoms with van der Waals surface area (Å²) in [5.74, 6) is -0.467. The molecule has 5 nitrogen and oxygen atoms in total. The second kappa shape index (κ2) is 3.98. The first-order chi connectivity index (χ1) is 8.62. The molecule has 0 bridgehead atoms. The fourth-order valence-corrected chi connectivity index (χ4v) is 2.73. The number of azo groups is 1. The highest BCUT2D eigenvalue weighted by Gasteiger charge is 2.54. The molecule has 2 aliphatic rings. The van der Waals surface area contributed by atoms with E-state index in [4.69, 9.17) is 0 Å². The van der Waals surface area contributed by atoms with E-state index in [1.54, 1.807) is 18.2 Å². The van der Waals surface area contributed by atoms with Gasteiger partial charge in [-0.15, -0.1) is 0 Å². The quantitative estimate of drug-likeness (QED) is 0.747. The molecule has 0 saturated carbocycles. The third kappa shape index (κ3) is 1.59. The number of carbonyl (C=O) groups is 2. The summed E-state index contributed by atoms with van der Waals surface area (Å²) in [6.45, 7) is 0.519. The number of anilines is 1. The van der Waals surface area contributed by atoms with Gasteiger partial charge in [0.15, 0.2) is 5.54 Å². The lowest BCUT2D eigenvalue weighted by Gasteiger charge is -2.17. The van der Waals surface area contributed by atoms with Crippen LogP contribution in [-0.4, -0.2) is 23.9 Å². The molecule has 1 spiro atoms. The normalized spacial score (nSPS) is 26.6. The van der Waals surface area contributed by atoms with Crippen LogP contribution in [0.2, 0.25) is 0 Å². The van der Waals surface area contributed by atoms with E-state index in [1.165, 1.54) is 4.90 Å². The second-order valence-corrected chi connectivity index (χ2v) is 5.35. The van der Waals surface area contributed by atoms with Gasteiger partial charge in [0.2, 0.25) is 5.91 Å². The highest BCUT2D eigenvalue weighted by molar-refractivity contribution is 9.10. The molecule has 1 aromatic rings. The van der Waals surface area contributed by atoms with E-state index >= 15 is 0 Å². The first kappa shape index (κ1) is 11.5. The molecular formula is C12H10BrN3O2. The molecule has 0 aromatic heterocycles. The van der Waals surface area contributed by atoms with E-state index in [1.807, 2.05) is 6.07 Å². The molecule has 1 atom stereocenters. The monoisotopic (exact) mass is 307 g/mol. The summed E-state index contributed by atoms with van der Waals surface area (Å²) in [6.07, 6.45) is 0.657. The lowest BCUT2D eigenvalue weighted by atomic mass is 9.96. The molecule has 1 fully saturated rings. The highest BCUT2D eigenvalue weighted by atomic mass is 79.9. The maximum absolute atomic E-state index is 12.4. The summed E-state index contributed by atoms with van der Waals surface area (Å²) in [5, 5.41) is 7.86. The van der Waals surface area contributed by atoms with Crippen LogP contribution >= 0.6 is 15.9 Å². The summed E-state index contributed by atoms with van der Waals surface area (Å²) in [5.41, 5.74) is -0.349. The lowest BCUT2D eigenvalue weighted by molar-refractivity contribution is -0.122. The number of hydrogen-bond donors (Lipinski definition) is 0. The Kier molecular flexibility index (Phi) is 2.55. The second-order valence-electron chi connectivity index (χ2n) is 4.44. The van der Waals surface area contributed by atoms with E-state index in [-0.39, 0.29) is 18.2 Å². The van der Waals surface area contributed by atoms with Crippen molar-refractivity contribution in [3.63, 3.8) is 0 Å². The highest BCUT2D eigenvalue weighted by Crippen LogP contribution is 2.38. The van der Waals surface area contributed by atoms with Crippen LogP contribution in [0.5, 0.6) is 0 Å². The zero-order chi connectivity index (χ0) is 12.8. The van der Waals surface area contributed by atoms with Gasteiger partial charge in [0, 0.05) is 10.9 Å². The molecule has 0 aliphatic carbocycles. The van der Waals surface area contributed by atoms with Gasteiger partial charge in [-0.3, -0.25) is 9.59 Å². The molecule has 2 aliphatic heterocycles. The Labute approximate surface area is 112 Å². The summed E-state index contributed by atoms with van der Waals surface area (Å²) in [4.78, 5) is 25.7. The average Bonchev–Trinajstić information content (AvgIpc) is 2.87. The van der Waals surface area contributed by atoms with Gasteiger partial charge in [-0.05, 0) is 18.2 Å². The van der Waals surface area contributed by atoms with E-state index in [0.717, 1.165) is 4.47 Å². The Balaban J connectivity index is 2.01. The fourth-order valence-electron chi connectivity index (χ4n) is 2.35. The van der Waals surface area contributed by atoms with Crippen LogP contribution in [0.3, 0.4) is 0 Å². The maximum atomic E-state index is 12.4. The smallest absolute Gasteiger partial charge is 0.264 e. The summed E-state index contributed by atoms with van der Waals surface area (Å²) < 4.78 is 0.828. The fraction of sp³-hybridized carbons (Fsp3) is 0.333. The molecule has 1 aromatic carbocycles. The summed E-state index contributed by atoms with van der Waals surface area (Å²) >= 11 is 3.33. The van der Waals surface area contributed by atoms with Crippen molar-refractivity contribution in [3.05, 3.63) is 28.7 Å². The zero-order valence-electron chi connectivity index (χ0n) is 9.47. The number of imide groups is 1. The van der Waals surface area contributed by atoms with Crippen molar-refractivity contribution in [1.29, 1.82) is 0 Å². The van der Waals surface area contributed by atoms with E-state index in [0.29, 0.717) is 18.7 Å². The minimum absolute atomic E-state index is 0.127. The third-order valence-corrected chi connectivity index (χ3v) is 3.74. The van der Waals surface area contributed by atoms with Gasteiger partial charge in [-0.2, -0.15) is 10.2 Å². The molecule has 18 heavy (non-hydrogen) atoms. The molecule has 2 amide bonds. The zero-order valence-corrected chi connectivity index (χ0v) is 11.1. The number of amides is 2. The molecule has 2 heterocycles. The Morgan fingerprint density at radius 1 is 1.33 bits per heavy atom. The molecule has 0 N–H and O–H groups in total. The predicted molar refractivity (Wildman–Crippen MR) is 68.3 cm³/mol. The minimum Gasteiger partial charge on any atom is -0.274 e. The van der Waals surface area contributed by atoms with Crippen molar-refractivity contribution in [2.24, 2.45) is 10.2 Å². The molecular weight excluding hydrogens is 298 g/mol. The predicted octanol–water partition coefficient (Wildman–Crippen LogP) is 2.31. The Bertz CT molecular complexity index is 572. The van der Waals surface area contributed by atoms with Crippen LogP contribution in [0.25, 0.3) is 0 Å². The van der Waals surface area contributed by atoms with Crippen molar-refractivity contribution in [3.8, 4) is 0 Å². The molecule has 3 rings (SSSR count). The van der Waals surface area contributed by atoms with Gasteiger partial charge in [0.25, 0.3) is 5.91 Å². The van der Waals surface area contributed by atoms with Crippen molar-refractivity contribution in [1.82, 2.24) is 0 Å². The molecule has 92 valence electrons. The van der Waals surface area contributed by atoms with Crippen molar-refractivity contribution in [2.45, 2.75) is 18.4 Å². The van der Waals surface area contributed by atoms with Crippen LogP contribution < -0.4 is 4.90 Å². The molecule has 0 radical (unpaired) electrons. The van der Waals surface area contributed by atoms with Crippen molar-refractivity contribution >= 4 is 33.4 Å². The first-order valence-electron chi connectivity index (χ1n) is 5.64. The SMILES string of the molecule is O=C1C[C@@]2(CCN=N2)C(=O)N1c1cccc(Br)c1. The Morgan fingerprint density at radius 2 is 2.17 bits per heavy atom. The number of halogens is 1. The van der Waals surface area contributed by atoms with Crippen LogP contribution in [0, 0.1) is 0 Å². The molecule has 0 unspecified atom stereocenters. The van der Waals surface area contributed by atoms with Crippen molar-refractivity contribution in [2.75, 3.05) is 11.4 Å². The first-order valence-corrected chi connectivity index (χ1v) is 6.43. The number of hydrogen-bond acceptors (Lipinski definition) is 4.